The highest BCUT2D eigenvalue weighted by Gasteiger charge is 2.30. The minimum Gasteiger partial charge on any atom is -0.245 e. The molecule has 0 aliphatic heterocycles. The molecule has 0 fully saturated rings. The molecule has 1 heterocycles. The van der Waals surface area contributed by atoms with Crippen molar-refractivity contribution in [2.24, 2.45) is 0 Å². The van der Waals surface area contributed by atoms with Crippen molar-refractivity contribution in [1.82, 2.24) is 4.98 Å². The van der Waals surface area contributed by atoms with Crippen molar-refractivity contribution in [2.45, 2.75) is 19.5 Å². The van der Waals surface area contributed by atoms with Crippen LogP contribution >= 0.6 is 27.3 Å². The molecule has 0 unspecified atom stereocenters. The van der Waals surface area contributed by atoms with Gasteiger partial charge in [0.1, 0.15) is 0 Å². The largest absolute Gasteiger partial charge is 0.394 e. The maximum atomic E-state index is 11.9. The Kier molecular flexibility index (Phi) is 2.77. The summed E-state index contributed by atoms with van der Waals surface area (Å²) in [7, 11) is 0. The number of hydrogen-bond acceptors (Lipinski definition) is 2. The molecule has 0 radical (unpaired) electrons. The molecule has 1 aromatic heterocycles. The van der Waals surface area contributed by atoms with E-state index < -0.39 is 12.6 Å². The van der Waals surface area contributed by atoms with Crippen LogP contribution in [0.15, 0.2) is 3.79 Å². The summed E-state index contributed by atoms with van der Waals surface area (Å²) in [5.74, 6) is 0. The summed E-state index contributed by atoms with van der Waals surface area (Å²) >= 11 is 4.24. The van der Waals surface area contributed by atoms with Crippen LogP contribution in [0.25, 0.3) is 0 Å². The smallest absolute Gasteiger partial charge is 0.245 e. The zero-order valence-corrected chi connectivity index (χ0v) is 8.48. The van der Waals surface area contributed by atoms with Gasteiger partial charge in [-0.2, -0.15) is 13.2 Å². The lowest BCUT2D eigenvalue weighted by Gasteiger charge is -2.02. The zero-order valence-electron chi connectivity index (χ0n) is 6.07. The van der Waals surface area contributed by atoms with Gasteiger partial charge in [0.2, 0.25) is 0 Å². The number of aryl methyl sites for hydroxylation is 1. The Morgan fingerprint density at radius 2 is 2.08 bits per heavy atom. The van der Waals surface area contributed by atoms with Crippen LogP contribution in [-0.4, -0.2) is 11.2 Å². The lowest BCUT2D eigenvalue weighted by atomic mass is 10.3. The van der Waals surface area contributed by atoms with Crippen LogP contribution in [0, 0.1) is 6.92 Å². The third-order valence-electron chi connectivity index (χ3n) is 1.12. The molecule has 0 spiro atoms. The molecule has 0 N–H and O–H groups in total. The molecule has 0 saturated carbocycles. The molecular formula is C6H5BrF3NS. The first-order valence-corrected chi connectivity index (χ1v) is 4.68. The molecule has 12 heavy (non-hydrogen) atoms. The summed E-state index contributed by atoms with van der Waals surface area (Å²) in [5.41, 5.74) is 0.0741. The van der Waals surface area contributed by atoms with Gasteiger partial charge in [-0.25, -0.2) is 4.98 Å². The van der Waals surface area contributed by atoms with E-state index in [1.165, 1.54) is 11.3 Å². The van der Waals surface area contributed by atoms with E-state index in [2.05, 4.69) is 20.9 Å². The summed E-state index contributed by atoms with van der Waals surface area (Å²) in [6, 6.07) is 0. The van der Waals surface area contributed by atoms with Crippen molar-refractivity contribution in [2.75, 3.05) is 0 Å². The second-order valence-electron chi connectivity index (χ2n) is 2.25. The Morgan fingerprint density at radius 3 is 2.42 bits per heavy atom. The Hall–Kier alpha value is -0.100. The molecule has 0 aliphatic carbocycles. The van der Waals surface area contributed by atoms with Gasteiger partial charge in [-0.3, -0.25) is 0 Å². The molecule has 6 heteroatoms. The highest BCUT2D eigenvalue weighted by Crippen LogP contribution is 2.29. The number of nitrogens with zero attached hydrogens (tertiary/aromatic N) is 1. The van der Waals surface area contributed by atoms with Crippen LogP contribution in [0.5, 0.6) is 0 Å². The van der Waals surface area contributed by atoms with E-state index in [0.29, 0.717) is 8.79 Å². The fraction of sp³-hybridized carbons (Fsp3) is 0.500. The summed E-state index contributed by atoms with van der Waals surface area (Å²) in [4.78, 5) is 3.75. The molecule has 0 bridgehead atoms. The highest BCUT2D eigenvalue weighted by molar-refractivity contribution is 9.11. The standard InChI is InChI=1S/C6H5BrF3NS/c1-3-11-4(5(7)12-3)2-6(8,9)10/h2H2,1H3. The van der Waals surface area contributed by atoms with Crippen molar-refractivity contribution in [1.29, 1.82) is 0 Å². The van der Waals surface area contributed by atoms with Crippen molar-refractivity contribution < 1.29 is 13.2 Å². The van der Waals surface area contributed by atoms with E-state index >= 15 is 0 Å². The lowest BCUT2D eigenvalue weighted by molar-refractivity contribution is -0.127. The Bertz CT molecular complexity index is 281. The number of aromatic nitrogens is 1. The van der Waals surface area contributed by atoms with Gasteiger partial charge in [0.05, 0.1) is 20.9 Å². The van der Waals surface area contributed by atoms with Crippen molar-refractivity contribution in [3.8, 4) is 0 Å². The number of rotatable bonds is 1. The average Bonchev–Trinajstić information content (AvgIpc) is 2.06. The summed E-state index contributed by atoms with van der Waals surface area (Å²) in [6.45, 7) is 1.68. The van der Waals surface area contributed by atoms with Gasteiger partial charge < -0.3 is 0 Å². The monoisotopic (exact) mass is 259 g/mol. The fourth-order valence-electron chi connectivity index (χ4n) is 0.744. The quantitative estimate of drug-likeness (QED) is 0.754. The maximum Gasteiger partial charge on any atom is 0.394 e. The van der Waals surface area contributed by atoms with Crippen molar-refractivity contribution >= 4 is 27.3 Å². The van der Waals surface area contributed by atoms with E-state index in [1.54, 1.807) is 6.92 Å². The Labute approximate surface area is 79.8 Å². The summed E-state index contributed by atoms with van der Waals surface area (Å²) in [6.07, 6.45) is -5.14. The van der Waals surface area contributed by atoms with Gasteiger partial charge in [-0.15, -0.1) is 11.3 Å². The predicted molar refractivity (Wildman–Crippen MR) is 44.3 cm³/mol. The normalized spacial score (nSPS) is 12.1. The zero-order chi connectivity index (χ0) is 9.35. The molecule has 1 aromatic rings. The topological polar surface area (TPSA) is 12.9 Å². The van der Waals surface area contributed by atoms with Crippen LogP contribution in [-0.2, 0) is 6.42 Å². The van der Waals surface area contributed by atoms with E-state index in [4.69, 9.17) is 0 Å². The van der Waals surface area contributed by atoms with Gasteiger partial charge in [-0.05, 0) is 22.9 Å². The van der Waals surface area contributed by atoms with Crippen LogP contribution in [0.4, 0.5) is 13.2 Å². The molecule has 1 nitrogen and oxygen atoms in total. The van der Waals surface area contributed by atoms with Crippen molar-refractivity contribution in [3.05, 3.63) is 14.5 Å². The third-order valence-corrected chi connectivity index (χ3v) is 2.87. The minimum atomic E-state index is -4.18. The molecular weight excluding hydrogens is 255 g/mol. The summed E-state index contributed by atoms with van der Waals surface area (Å²) < 4.78 is 36.1. The molecule has 0 amide bonds. The molecule has 0 aromatic carbocycles. The molecule has 1 rings (SSSR count). The number of hydrogen-bond donors (Lipinski definition) is 0. The van der Waals surface area contributed by atoms with Gasteiger partial charge >= 0.3 is 6.18 Å². The SMILES string of the molecule is Cc1nc(CC(F)(F)F)c(Br)s1. The maximum absolute atomic E-state index is 11.9. The predicted octanol–water partition coefficient (Wildman–Crippen LogP) is 3.32. The van der Waals surface area contributed by atoms with Gasteiger partial charge in [0.15, 0.2) is 0 Å². The second kappa shape index (κ2) is 3.33. The average molecular weight is 260 g/mol. The fourth-order valence-corrected chi connectivity index (χ4v) is 2.33. The van der Waals surface area contributed by atoms with E-state index in [-0.39, 0.29) is 5.69 Å². The first kappa shape index (κ1) is 9.98. The van der Waals surface area contributed by atoms with E-state index in [1.807, 2.05) is 0 Å². The highest BCUT2D eigenvalue weighted by atomic mass is 79.9. The molecule has 0 atom stereocenters. The van der Waals surface area contributed by atoms with E-state index in [9.17, 15) is 13.2 Å². The molecule has 0 saturated heterocycles. The first-order valence-electron chi connectivity index (χ1n) is 3.07. The third kappa shape index (κ3) is 2.75. The summed E-state index contributed by atoms with van der Waals surface area (Å²) in [5, 5.41) is 0.640. The van der Waals surface area contributed by atoms with Gasteiger partial charge in [0.25, 0.3) is 0 Å². The van der Waals surface area contributed by atoms with Crippen molar-refractivity contribution in [3.63, 3.8) is 0 Å². The van der Waals surface area contributed by atoms with Crippen LogP contribution < -0.4 is 0 Å². The lowest BCUT2D eigenvalue weighted by Crippen LogP contribution is -2.12. The van der Waals surface area contributed by atoms with Crippen LogP contribution in [0.3, 0.4) is 0 Å². The Balaban J connectivity index is 2.82. The first-order chi connectivity index (χ1) is 5.38. The molecule has 0 aliphatic rings. The minimum absolute atomic E-state index is 0.0741. The Morgan fingerprint density at radius 1 is 1.50 bits per heavy atom. The number of alkyl halides is 3. The van der Waals surface area contributed by atoms with E-state index in [0.717, 1.165) is 0 Å². The number of halogens is 4. The van der Waals surface area contributed by atoms with Crippen LogP contribution in [0.2, 0.25) is 0 Å². The second-order valence-corrected chi connectivity index (χ2v) is 4.77. The van der Waals surface area contributed by atoms with Gasteiger partial charge in [0, 0.05) is 0 Å². The van der Waals surface area contributed by atoms with Crippen LogP contribution in [0.1, 0.15) is 10.7 Å². The number of thiazole rings is 1. The van der Waals surface area contributed by atoms with Gasteiger partial charge in [-0.1, -0.05) is 0 Å². The molecule has 68 valence electrons.